The van der Waals surface area contributed by atoms with Crippen molar-refractivity contribution in [2.24, 2.45) is 0 Å². The predicted molar refractivity (Wildman–Crippen MR) is 43.9 cm³/mol. The molecular formula is C8H9N2O2+. The molecule has 0 aliphatic rings. The lowest BCUT2D eigenvalue weighted by Crippen LogP contribution is -2.80. The SMILES string of the molecule is CC(=O)N([NH+]=O)c1ccccc1. The second-order valence-electron chi connectivity index (χ2n) is 2.28. The molecule has 0 heterocycles. The maximum atomic E-state index is 10.8. The van der Waals surface area contributed by atoms with E-state index < -0.39 is 0 Å². The van der Waals surface area contributed by atoms with E-state index in [2.05, 4.69) is 0 Å². The Morgan fingerprint density at radius 2 is 1.92 bits per heavy atom. The molecular weight excluding hydrogens is 156 g/mol. The standard InChI is InChI=1S/C8H8N2O2/c1-7(11)10(9-12)8-5-3-2-4-6-8/h2-6H,1H3/p+1. The molecule has 0 bridgehead atoms. The number of nitroso groups, excluding NO2 is 1. The molecule has 4 nitrogen and oxygen atoms in total. The van der Waals surface area contributed by atoms with Crippen LogP contribution < -0.4 is 10.3 Å². The van der Waals surface area contributed by atoms with E-state index in [-0.39, 0.29) is 5.91 Å². The molecule has 0 aromatic heterocycles. The van der Waals surface area contributed by atoms with E-state index >= 15 is 0 Å². The summed E-state index contributed by atoms with van der Waals surface area (Å²) in [6.45, 7) is 1.32. The number of hydrogen-bond acceptors (Lipinski definition) is 2. The van der Waals surface area contributed by atoms with Crippen LogP contribution in [0.1, 0.15) is 6.92 Å². The molecule has 0 unspecified atom stereocenters. The van der Waals surface area contributed by atoms with E-state index in [1.165, 1.54) is 6.92 Å². The maximum absolute atomic E-state index is 10.8. The first-order valence-corrected chi connectivity index (χ1v) is 3.49. The Labute approximate surface area is 69.7 Å². The fourth-order valence-corrected chi connectivity index (χ4v) is 0.876. The minimum atomic E-state index is -0.337. The van der Waals surface area contributed by atoms with Gasteiger partial charge in [-0.25, -0.2) is 0 Å². The van der Waals surface area contributed by atoms with Gasteiger partial charge in [-0.05, 0) is 17.1 Å². The first-order chi connectivity index (χ1) is 5.75. The Kier molecular flexibility index (Phi) is 2.53. The summed E-state index contributed by atoms with van der Waals surface area (Å²) in [5.74, 6) is -0.337. The van der Waals surface area contributed by atoms with Crippen molar-refractivity contribution >= 4 is 11.6 Å². The van der Waals surface area contributed by atoms with Gasteiger partial charge in [-0.2, -0.15) is 0 Å². The van der Waals surface area contributed by atoms with Gasteiger partial charge in [-0.1, -0.05) is 18.2 Å². The van der Waals surface area contributed by atoms with E-state index in [0.29, 0.717) is 5.69 Å². The zero-order valence-electron chi connectivity index (χ0n) is 6.65. The van der Waals surface area contributed by atoms with Crippen LogP contribution >= 0.6 is 0 Å². The smallest absolute Gasteiger partial charge is 0.269 e. The van der Waals surface area contributed by atoms with Gasteiger partial charge in [0, 0.05) is 11.8 Å². The third kappa shape index (κ3) is 1.66. The van der Waals surface area contributed by atoms with Gasteiger partial charge in [0.15, 0.2) is 0 Å². The normalized spacial score (nSPS) is 9.08. The number of amides is 1. The van der Waals surface area contributed by atoms with Crippen molar-refractivity contribution in [3.05, 3.63) is 35.2 Å². The number of nitrogens with zero attached hydrogens (tertiary/aromatic N) is 1. The van der Waals surface area contributed by atoms with Crippen molar-refractivity contribution < 1.29 is 10.1 Å². The van der Waals surface area contributed by atoms with Crippen LogP contribution in [0, 0.1) is 4.91 Å². The van der Waals surface area contributed by atoms with Crippen molar-refractivity contribution in [3.8, 4) is 0 Å². The lowest BCUT2D eigenvalue weighted by molar-refractivity contribution is -0.484. The number of hydrogen-bond donors (Lipinski definition) is 1. The minimum absolute atomic E-state index is 0.337. The third-order valence-corrected chi connectivity index (χ3v) is 1.42. The van der Waals surface area contributed by atoms with Gasteiger partial charge in [0.1, 0.15) is 11.0 Å². The maximum Gasteiger partial charge on any atom is 0.284 e. The molecule has 1 amide bonds. The Bertz CT molecular complexity index is 284. The van der Waals surface area contributed by atoms with Gasteiger partial charge in [0.05, 0.1) is 0 Å². The van der Waals surface area contributed by atoms with Crippen LogP contribution in [0.3, 0.4) is 0 Å². The van der Waals surface area contributed by atoms with E-state index in [0.717, 1.165) is 5.01 Å². The summed E-state index contributed by atoms with van der Waals surface area (Å²) in [4.78, 5) is 21.2. The van der Waals surface area contributed by atoms with Crippen LogP contribution in [-0.2, 0) is 4.79 Å². The number of carbonyl (C=O) groups excluding carboxylic acids is 1. The van der Waals surface area contributed by atoms with Gasteiger partial charge in [0.2, 0.25) is 0 Å². The summed E-state index contributed by atoms with van der Waals surface area (Å²) in [5.41, 5.74) is 0.542. The number of carbonyl (C=O) groups is 1. The van der Waals surface area contributed by atoms with E-state index in [9.17, 15) is 9.70 Å². The highest BCUT2D eigenvalue weighted by Gasteiger charge is 2.15. The molecule has 0 aliphatic carbocycles. The molecule has 1 aromatic rings. The summed E-state index contributed by atoms with van der Waals surface area (Å²) in [5, 5.41) is 2.48. The third-order valence-electron chi connectivity index (χ3n) is 1.42. The van der Waals surface area contributed by atoms with Crippen LogP contribution in [-0.4, -0.2) is 5.91 Å². The number of nitrogens with one attached hydrogen (secondary N) is 1. The fourth-order valence-electron chi connectivity index (χ4n) is 0.876. The number of hydrazine groups is 1. The Morgan fingerprint density at radius 3 is 2.33 bits per heavy atom. The average Bonchev–Trinajstić information content (AvgIpc) is 2.07. The van der Waals surface area contributed by atoms with Gasteiger partial charge in [-0.3, -0.25) is 4.79 Å². The minimum Gasteiger partial charge on any atom is -0.269 e. The summed E-state index contributed by atoms with van der Waals surface area (Å²) in [6, 6.07) is 8.66. The zero-order chi connectivity index (χ0) is 8.97. The van der Waals surface area contributed by atoms with Gasteiger partial charge in [-0.15, -0.1) is 0 Å². The highest BCUT2D eigenvalue weighted by atomic mass is 16.3. The predicted octanol–water partition coefficient (Wildman–Crippen LogP) is -0.199. The Hall–Kier alpha value is -1.71. The van der Waals surface area contributed by atoms with Crippen molar-refractivity contribution in [1.82, 2.24) is 0 Å². The highest BCUT2D eigenvalue weighted by molar-refractivity contribution is 5.88. The van der Waals surface area contributed by atoms with Crippen LogP contribution in [0.15, 0.2) is 30.3 Å². The molecule has 1 rings (SSSR count). The fraction of sp³-hybridized carbons (Fsp3) is 0.125. The Morgan fingerprint density at radius 1 is 1.33 bits per heavy atom. The molecule has 1 N–H and O–H groups in total. The van der Waals surface area contributed by atoms with Crippen LogP contribution in [0.4, 0.5) is 5.69 Å². The lowest BCUT2D eigenvalue weighted by Gasteiger charge is -2.03. The molecule has 0 radical (unpaired) electrons. The van der Waals surface area contributed by atoms with Gasteiger partial charge >= 0.3 is 0 Å². The number of para-hydroxylation sites is 1. The van der Waals surface area contributed by atoms with E-state index in [1.54, 1.807) is 29.6 Å². The lowest BCUT2D eigenvalue weighted by atomic mass is 10.3. The Balaban J connectivity index is 2.95. The molecule has 0 saturated heterocycles. The first kappa shape index (κ1) is 8.39. The zero-order valence-corrected chi connectivity index (χ0v) is 6.65. The molecule has 4 heteroatoms. The van der Waals surface area contributed by atoms with Crippen LogP contribution in [0.5, 0.6) is 0 Å². The van der Waals surface area contributed by atoms with Gasteiger partial charge in [0.25, 0.3) is 5.91 Å². The van der Waals surface area contributed by atoms with E-state index in [4.69, 9.17) is 0 Å². The first-order valence-electron chi connectivity index (χ1n) is 3.49. The van der Waals surface area contributed by atoms with E-state index in [1.807, 2.05) is 6.07 Å². The molecule has 1 aromatic carbocycles. The molecule has 0 spiro atoms. The summed E-state index contributed by atoms with van der Waals surface area (Å²) in [6.07, 6.45) is 0. The van der Waals surface area contributed by atoms with Gasteiger partial charge < -0.3 is 0 Å². The molecule has 0 aliphatic heterocycles. The largest absolute Gasteiger partial charge is 0.284 e. The number of benzene rings is 1. The molecule has 12 heavy (non-hydrogen) atoms. The number of rotatable bonds is 2. The second kappa shape index (κ2) is 3.61. The van der Waals surface area contributed by atoms with Crippen molar-refractivity contribution in [2.45, 2.75) is 6.92 Å². The topological polar surface area (TPSA) is 51.4 Å². The van der Waals surface area contributed by atoms with Crippen molar-refractivity contribution in [1.29, 1.82) is 0 Å². The summed E-state index contributed by atoms with van der Waals surface area (Å²) >= 11 is 0. The van der Waals surface area contributed by atoms with Crippen LogP contribution in [0.25, 0.3) is 0 Å². The second-order valence-corrected chi connectivity index (χ2v) is 2.28. The summed E-state index contributed by atoms with van der Waals surface area (Å²) in [7, 11) is 0. The van der Waals surface area contributed by atoms with Crippen molar-refractivity contribution in [3.63, 3.8) is 0 Å². The molecule has 0 fully saturated rings. The van der Waals surface area contributed by atoms with Crippen molar-refractivity contribution in [2.75, 3.05) is 5.01 Å². The summed E-state index contributed by atoms with van der Waals surface area (Å²) < 4.78 is 0. The number of anilines is 1. The monoisotopic (exact) mass is 165 g/mol. The molecule has 62 valence electrons. The van der Waals surface area contributed by atoms with Crippen LogP contribution in [0.2, 0.25) is 0 Å². The quantitative estimate of drug-likeness (QED) is 0.617. The highest BCUT2D eigenvalue weighted by Crippen LogP contribution is 2.07. The molecule has 0 saturated carbocycles. The average molecular weight is 165 g/mol. The molecule has 0 atom stereocenters.